The Morgan fingerprint density at radius 1 is 1.10 bits per heavy atom. The highest BCUT2D eigenvalue weighted by Gasteiger charge is 2.69. The van der Waals surface area contributed by atoms with Crippen molar-refractivity contribution in [1.82, 2.24) is 20.1 Å². The molecular weight excluding hydrogens is 628 g/mol. The van der Waals surface area contributed by atoms with E-state index in [-0.39, 0.29) is 65.8 Å². The van der Waals surface area contributed by atoms with Crippen molar-refractivity contribution < 1.29 is 45.1 Å². The van der Waals surface area contributed by atoms with E-state index in [9.17, 15) is 40.6 Å². The van der Waals surface area contributed by atoms with Crippen molar-refractivity contribution in [2.24, 2.45) is 0 Å². The molecule has 3 aromatic rings. The number of carbonyl (C=O) groups is 1. The van der Waals surface area contributed by atoms with Gasteiger partial charge in [-0.05, 0) is 32.8 Å². The number of hydrogen-bond acceptors (Lipinski definition) is 7. The van der Waals surface area contributed by atoms with E-state index >= 15 is 0 Å². The zero-order valence-electron chi connectivity index (χ0n) is 21.4. The van der Waals surface area contributed by atoms with E-state index in [1.54, 1.807) is 0 Å². The van der Waals surface area contributed by atoms with E-state index in [0.29, 0.717) is 6.07 Å². The Labute approximate surface area is 242 Å². The molecule has 17 heteroatoms. The van der Waals surface area contributed by atoms with Crippen molar-refractivity contribution in [3.63, 3.8) is 0 Å². The summed E-state index contributed by atoms with van der Waals surface area (Å²) in [4.78, 5) is 18.7. The van der Waals surface area contributed by atoms with Crippen molar-refractivity contribution in [2.75, 3.05) is 13.1 Å². The maximum absolute atomic E-state index is 13.9. The fourth-order valence-corrected chi connectivity index (χ4v) is 5.83. The van der Waals surface area contributed by atoms with Crippen LogP contribution >= 0.6 is 34.5 Å². The van der Waals surface area contributed by atoms with Crippen molar-refractivity contribution in [3.8, 4) is 21.3 Å². The van der Waals surface area contributed by atoms with Gasteiger partial charge in [0.05, 0.1) is 33.5 Å². The molecule has 224 valence electrons. The van der Waals surface area contributed by atoms with Crippen LogP contribution in [0.25, 0.3) is 21.3 Å². The molecule has 1 N–H and O–H groups in total. The summed E-state index contributed by atoms with van der Waals surface area (Å²) in [6.07, 6.45) is -12.8. The molecule has 7 nitrogen and oxygen atoms in total. The van der Waals surface area contributed by atoms with E-state index in [0.717, 1.165) is 22.3 Å². The van der Waals surface area contributed by atoms with Gasteiger partial charge in [0, 0.05) is 12.1 Å². The Kier molecular flexibility index (Phi) is 8.17. The van der Waals surface area contributed by atoms with Crippen LogP contribution in [-0.2, 0) is 11.8 Å². The highest BCUT2D eigenvalue weighted by molar-refractivity contribution is 7.18. The maximum atomic E-state index is 13.9. The summed E-state index contributed by atoms with van der Waals surface area (Å²) < 4.78 is 102. The van der Waals surface area contributed by atoms with Gasteiger partial charge in [0.15, 0.2) is 10.4 Å². The summed E-state index contributed by atoms with van der Waals surface area (Å²) in [6, 6.07) is 1.42. The monoisotopic (exact) mass is 648 g/mol. The first-order valence-corrected chi connectivity index (χ1v) is 13.4. The van der Waals surface area contributed by atoms with E-state index in [1.165, 1.54) is 13.8 Å². The summed E-state index contributed by atoms with van der Waals surface area (Å²) in [6.45, 7) is 2.75. The van der Waals surface area contributed by atoms with E-state index in [1.807, 2.05) is 0 Å². The van der Waals surface area contributed by atoms with Gasteiger partial charge in [-0.1, -0.05) is 35.3 Å². The van der Waals surface area contributed by atoms with Crippen LogP contribution in [0.15, 0.2) is 16.5 Å². The molecule has 0 spiro atoms. The normalized spacial score (nSPS) is 17.0. The molecule has 2 aromatic heterocycles. The Balaban J connectivity index is 1.87. The number of hydrogen-bond donors (Lipinski definition) is 1. The van der Waals surface area contributed by atoms with Crippen molar-refractivity contribution in [1.29, 1.82) is 0 Å². The number of likely N-dealkylation sites (tertiary alicyclic amines) is 1. The highest BCUT2D eigenvalue weighted by atomic mass is 35.5. The van der Waals surface area contributed by atoms with Gasteiger partial charge in [0.2, 0.25) is 5.89 Å². The largest absolute Gasteiger partial charge is 0.419 e. The van der Waals surface area contributed by atoms with E-state index in [4.69, 9.17) is 27.6 Å². The maximum Gasteiger partial charge on any atom is 0.406 e. The first kappa shape index (κ1) is 31.4. The third-order valence-corrected chi connectivity index (χ3v) is 8.44. The number of rotatable bonds is 6. The molecule has 1 fully saturated rings. The molecule has 1 aromatic carbocycles. The lowest BCUT2D eigenvalue weighted by Crippen LogP contribution is -2.51. The number of thiazole rings is 1. The summed E-state index contributed by atoms with van der Waals surface area (Å²) in [5.41, 5.74) is -7.40. The second kappa shape index (κ2) is 10.7. The number of alkyl halides is 7. The minimum atomic E-state index is -5.78. The molecule has 3 heterocycles. The Morgan fingerprint density at radius 2 is 1.73 bits per heavy atom. The Bertz CT molecular complexity index is 1450. The van der Waals surface area contributed by atoms with Crippen LogP contribution in [0.5, 0.6) is 0 Å². The second-order valence-corrected chi connectivity index (χ2v) is 12.0. The van der Waals surface area contributed by atoms with Crippen LogP contribution in [0.4, 0.5) is 30.7 Å². The summed E-state index contributed by atoms with van der Waals surface area (Å²) >= 11 is 13.1. The first-order chi connectivity index (χ1) is 18.7. The molecule has 1 saturated heterocycles. The summed E-state index contributed by atoms with van der Waals surface area (Å²) in [7, 11) is 0. The van der Waals surface area contributed by atoms with Crippen LogP contribution in [0.2, 0.25) is 10.0 Å². The lowest BCUT2D eigenvalue weighted by Gasteiger charge is -2.35. The first-order valence-electron chi connectivity index (χ1n) is 11.9. The van der Waals surface area contributed by atoms with Crippen LogP contribution in [0.3, 0.4) is 0 Å². The third kappa shape index (κ3) is 5.90. The van der Waals surface area contributed by atoms with E-state index in [2.05, 4.69) is 15.2 Å². The third-order valence-electron chi connectivity index (χ3n) is 6.48. The Hall–Kier alpha value is -2.49. The zero-order valence-corrected chi connectivity index (χ0v) is 23.8. The lowest BCUT2D eigenvalue weighted by atomic mass is 9.80. The molecule has 0 aliphatic carbocycles. The van der Waals surface area contributed by atoms with Gasteiger partial charge >= 0.3 is 12.4 Å². The minimum Gasteiger partial charge on any atom is -0.419 e. The molecule has 0 unspecified atom stereocenters. The SMILES string of the molecule is CC(C)(O)Cc1nnc(-c2nc(C(=O)N3CC[C@H](F)C3)c(-c3ccc(C(C)(C(F)(F)F)C(F)(F)F)c(Cl)c3Cl)s2)o1. The van der Waals surface area contributed by atoms with Crippen LogP contribution in [0.1, 0.15) is 49.1 Å². The van der Waals surface area contributed by atoms with Crippen molar-refractivity contribution in [2.45, 2.75) is 63.2 Å². The number of nitrogens with zero attached hydrogens (tertiary/aromatic N) is 4. The molecule has 4 rings (SSSR count). The topological polar surface area (TPSA) is 92.3 Å². The number of aromatic nitrogens is 3. The molecule has 41 heavy (non-hydrogen) atoms. The smallest absolute Gasteiger partial charge is 0.406 e. The molecule has 1 amide bonds. The lowest BCUT2D eigenvalue weighted by molar-refractivity contribution is -0.297. The van der Waals surface area contributed by atoms with Gasteiger partial charge in [0.25, 0.3) is 11.8 Å². The summed E-state index contributed by atoms with van der Waals surface area (Å²) in [5.74, 6) is -0.911. The van der Waals surface area contributed by atoms with Crippen molar-refractivity contribution >= 4 is 40.4 Å². The van der Waals surface area contributed by atoms with Gasteiger partial charge in [-0.25, -0.2) is 9.37 Å². The Morgan fingerprint density at radius 3 is 2.27 bits per heavy atom. The number of aliphatic hydroxyl groups is 1. The average molecular weight is 649 g/mol. The number of benzene rings is 1. The van der Waals surface area contributed by atoms with Crippen LogP contribution < -0.4 is 0 Å². The van der Waals surface area contributed by atoms with E-state index < -0.39 is 51.1 Å². The number of amides is 1. The molecule has 1 aliphatic heterocycles. The fourth-order valence-electron chi connectivity index (χ4n) is 4.15. The van der Waals surface area contributed by atoms with Crippen LogP contribution in [0, 0.1) is 0 Å². The quantitative estimate of drug-likeness (QED) is 0.288. The zero-order chi connectivity index (χ0) is 30.7. The van der Waals surface area contributed by atoms with Gasteiger partial charge in [-0.15, -0.1) is 21.5 Å². The molecule has 1 aliphatic rings. The fraction of sp³-hybridized carbons (Fsp3) is 0.500. The predicted molar refractivity (Wildman–Crippen MR) is 136 cm³/mol. The summed E-state index contributed by atoms with van der Waals surface area (Å²) in [5, 5.41) is 15.9. The molecule has 0 radical (unpaired) electrons. The highest BCUT2D eigenvalue weighted by Crippen LogP contribution is 2.55. The number of halogens is 9. The van der Waals surface area contributed by atoms with Gasteiger partial charge in [0.1, 0.15) is 11.9 Å². The van der Waals surface area contributed by atoms with Crippen molar-refractivity contribution in [3.05, 3.63) is 39.3 Å². The molecule has 0 saturated carbocycles. The predicted octanol–water partition coefficient (Wildman–Crippen LogP) is 7.05. The van der Waals surface area contributed by atoms with Gasteiger partial charge in [-0.3, -0.25) is 4.79 Å². The number of carbonyl (C=O) groups excluding carboxylic acids is 1. The van der Waals surface area contributed by atoms with Gasteiger partial charge < -0.3 is 14.4 Å². The second-order valence-electron chi connectivity index (χ2n) is 10.2. The average Bonchev–Trinajstić information content (AvgIpc) is 3.57. The minimum absolute atomic E-state index is 0.0287. The standard InChI is InChI=1S/C24H21Cl2F7N4O3S/c1-21(2,39)8-13-35-36-18(40-13)19-34-16(20(38)37-7-6-10(27)9-37)17(41-19)11-4-5-12(15(26)14(11)25)22(3,23(28,29)30)24(31,32)33/h4-5,10,39H,6-9H2,1-3H3/t10-/m0/s1. The molecule has 0 bridgehead atoms. The van der Waals surface area contributed by atoms with Crippen LogP contribution in [-0.4, -0.2) is 68.3 Å². The molecule has 1 atom stereocenters. The van der Waals surface area contributed by atoms with Gasteiger partial charge in [-0.2, -0.15) is 26.3 Å². The molecular formula is C24H21Cl2F7N4O3S.